The van der Waals surface area contributed by atoms with E-state index in [0.29, 0.717) is 24.5 Å². The fourth-order valence-electron chi connectivity index (χ4n) is 2.43. The number of hydrogen-bond donors (Lipinski definition) is 1. The molecule has 0 spiro atoms. The highest BCUT2D eigenvalue weighted by molar-refractivity contribution is 5.73. The minimum Gasteiger partial charge on any atom is -0.466 e. The van der Waals surface area contributed by atoms with E-state index in [0.717, 1.165) is 19.4 Å². The molecular formula is C14H19FN2O2. The molecule has 1 fully saturated rings. The van der Waals surface area contributed by atoms with E-state index in [9.17, 15) is 9.18 Å². The Morgan fingerprint density at radius 1 is 1.58 bits per heavy atom. The summed E-state index contributed by atoms with van der Waals surface area (Å²) >= 11 is 0. The van der Waals surface area contributed by atoms with Gasteiger partial charge >= 0.3 is 5.97 Å². The Morgan fingerprint density at radius 3 is 3.05 bits per heavy atom. The van der Waals surface area contributed by atoms with Crippen LogP contribution in [0, 0.1) is 11.7 Å². The van der Waals surface area contributed by atoms with Crippen LogP contribution in [-0.2, 0) is 9.53 Å². The highest BCUT2D eigenvalue weighted by Crippen LogP contribution is 2.27. The summed E-state index contributed by atoms with van der Waals surface area (Å²) < 4.78 is 18.9. The predicted molar refractivity (Wildman–Crippen MR) is 72.4 cm³/mol. The van der Waals surface area contributed by atoms with E-state index in [4.69, 9.17) is 10.5 Å². The summed E-state index contributed by atoms with van der Waals surface area (Å²) in [7, 11) is 0. The number of hydrogen-bond acceptors (Lipinski definition) is 4. The van der Waals surface area contributed by atoms with E-state index in [-0.39, 0.29) is 17.7 Å². The summed E-state index contributed by atoms with van der Waals surface area (Å²) in [5, 5.41) is 0. The van der Waals surface area contributed by atoms with Gasteiger partial charge in [-0.05, 0) is 38.0 Å². The van der Waals surface area contributed by atoms with Crippen LogP contribution in [0.15, 0.2) is 18.2 Å². The van der Waals surface area contributed by atoms with Crippen LogP contribution >= 0.6 is 0 Å². The molecule has 0 saturated carbocycles. The van der Waals surface area contributed by atoms with Gasteiger partial charge in [-0.2, -0.15) is 0 Å². The molecule has 1 unspecified atom stereocenters. The third-order valence-corrected chi connectivity index (χ3v) is 3.35. The molecule has 19 heavy (non-hydrogen) atoms. The summed E-state index contributed by atoms with van der Waals surface area (Å²) in [5.74, 6) is -0.710. The van der Waals surface area contributed by atoms with E-state index < -0.39 is 0 Å². The lowest BCUT2D eigenvalue weighted by molar-refractivity contribution is -0.148. The highest BCUT2D eigenvalue weighted by atomic mass is 19.1. The SMILES string of the molecule is CCOC(=O)C1CCCN(c2ccc(N)cc2F)C1. The number of benzene rings is 1. The number of rotatable bonds is 3. The smallest absolute Gasteiger partial charge is 0.310 e. The second-order valence-electron chi connectivity index (χ2n) is 4.75. The van der Waals surface area contributed by atoms with Crippen molar-refractivity contribution in [3.8, 4) is 0 Å². The predicted octanol–water partition coefficient (Wildman–Crippen LogP) is 2.19. The number of nitrogen functional groups attached to an aromatic ring is 1. The van der Waals surface area contributed by atoms with Crippen LogP contribution < -0.4 is 10.6 Å². The molecule has 1 saturated heterocycles. The molecule has 5 heteroatoms. The Labute approximate surface area is 112 Å². The Kier molecular flexibility index (Phi) is 4.24. The van der Waals surface area contributed by atoms with Gasteiger partial charge < -0.3 is 15.4 Å². The highest BCUT2D eigenvalue weighted by Gasteiger charge is 2.28. The first-order chi connectivity index (χ1) is 9.11. The second-order valence-corrected chi connectivity index (χ2v) is 4.75. The maximum atomic E-state index is 13.9. The first-order valence-corrected chi connectivity index (χ1v) is 6.58. The fourth-order valence-corrected chi connectivity index (χ4v) is 2.43. The number of halogens is 1. The van der Waals surface area contributed by atoms with Gasteiger partial charge in [0.05, 0.1) is 18.2 Å². The van der Waals surface area contributed by atoms with Gasteiger partial charge in [0, 0.05) is 18.8 Å². The zero-order valence-electron chi connectivity index (χ0n) is 11.1. The Morgan fingerprint density at radius 2 is 2.37 bits per heavy atom. The molecule has 2 rings (SSSR count). The number of anilines is 2. The van der Waals surface area contributed by atoms with Crippen molar-refractivity contribution in [2.24, 2.45) is 5.92 Å². The summed E-state index contributed by atoms with van der Waals surface area (Å²) in [6.45, 7) is 3.42. The van der Waals surface area contributed by atoms with Gasteiger partial charge in [-0.15, -0.1) is 0 Å². The van der Waals surface area contributed by atoms with Crippen LogP contribution in [0.5, 0.6) is 0 Å². The summed E-state index contributed by atoms with van der Waals surface area (Å²) in [4.78, 5) is 13.6. The molecule has 1 heterocycles. The van der Waals surface area contributed by atoms with Crippen molar-refractivity contribution in [2.45, 2.75) is 19.8 Å². The van der Waals surface area contributed by atoms with Gasteiger partial charge in [0.1, 0.15) is 5.82 Å². The van der Waals surface area contributed by atoms with Gasteiger partial charge in [-0.3, -0.25) is 4.79 Å². The average molecular weight is 266 g/mol. The maximum Gasteiger partial charge on any atom is 0.310 e. The Bertz CT molecular complexity index is 465. The van der Waals surface area contributed by atoms with Crippen LogP contribution in [0.3, 0.4) is 0 Å². The molecule has 0 bridgehead atoms. The summed E-state index contributed by atoms with van der Waals surface area (Å²) in [6.07, 6.45) is 1.65. The number of carbonyl (C=O) groups is 1. The zero-order valence-corrected chi connectivity index (χ0v) is 11.1. The summed E-state index contributed by atoms with van der Waals surface area (Å²) in [6, 6.07) is 4.65. The lowest BCUT2D eigenvalue weighted by atomic mass is 9.97. The largest absolute Gasteiger partial charge is 0.466 e. The van der Waals surface area contributed by atoms with Gasteiger partial charge in [0.2, 0.25) is 0 Å². The van der Waals surface area contributed by atoms with Crippen molar-refractivity contribution in [3.63, 3.8) is 0 Å². The number of nitrogens with zero attached hydrogens (tertiary/aromatic N) is 1. The van der Waals surface area contributed by atoms with Crippen molar-refractivity contribution in [2.75, 3.05) is 30.3 Å². The van der Waals surface area contributed by atoms with Gasteiger partial charge in [-0.25, -0.2) is 4.39 Å². The standard InChI is InChI=1S/C14H19FN2O2/c1-2-19-14(18)10-4-3-7-17(9-10)13-6-5-11(16)8-12(13)15/h5-6,8,10H,2-4,7,9,16H2,1H3. The van der Waals surface area contributed by atoms with Crippen LogP contribution in [-0.4, -0.2) is 25.7 Å². The number of piperidine rings is 1. The molecule has 104 valence electrons. The molecule has 2 N–H and O–H groups in total. The molecule has 0 amide bonds. The van der Waals surface area contributed by atoms with Gasteiger partial charge in [0.25, 0.3) is 0 Å². The molecule has 1 aromatic rings. The molecule has 4 nitrogen and oxygen atoms in total. The van der Waals surface area contributed by atoms with Gasteiger partial charge in [0.15, 0.2) is 0 Å². The number of ether oxygens (including phenoxy) is 1. The molecule has 1 atom stereocenters. The molecule has 1 aliphatic rings. The summed E-state index contributed by atoms with van der Waals surface area (Å²) in [5.41, 5.74) is 6.45. The maximum absolute atomic E-state index is 13.9. The third-order valence-electron chi connectivity index (χ3n) is 3.35. The van der Waals surface area contributed by atoms with Crippen LogP contribution in [0.25, 0.3) is 0 Å². The third kappa shape index (κ3) is 3.16. The minimum absolute atomic E-state index is 0.175. The minimum atomic E-state index is -0.343. The van der Waals surface area contributed by atoms with E-state index in [2.05, 4.69) is 0 Å². The van der Waals surface area contributed by atoms with Crippen molar-refractivity contribution in [3.05, 3.63) is 24.0 Å². The first-order valence-electron chi connectivity index (χ1n) is 6.58. The van der Waals surface area contributed by atoms with E-state index >= 15 is 0 Å². The molecule has 1 aliphatic heterocycles. The molecule has 1 aromatic carbocycles. The first kappa shape index (κ1) is 13.6. The Balaban J connectivity index is 2.10. The van der Waals surface area contributed by atoms with Crippen LogP contribution in [0.2, 0.25) is 0 Å². The van der Waals surface area contributed by atoms with Crippen molar-refractivity contribution >= 4 is 17.3 Å². The monoisotopic (exact) mass is 266 g/mol. The van der Waals surface area contributed by atoms with Crippen LogP contribution in [0.4, 0.5) is 15.8 Å². The van der Waals surface area contributed by atoms with Gasteiger partial charge in [-0.1, -0.05) is 0 Å². The lowest BCUT2D eigenvalue weighted by Crippen LogP contribution is -2.39. The molecule has 0 aliphatic carbocycles. The van der Waals surface area contributed by atoms with E-state index in [1.54, 1.807) is 19.1 Å². The van der Waals surface area contributed by atoms with Crippen molar-refractivity contribution in [1.29, 1.82) is 0 Å². The Hall–Kier alpha value is -1.78. The molecule has 0 radical (unpaired) electrons. The van der Waals surface area contributed by atoms with Crippen molar-refractivity contribution < 1.29 is 13.9 Å². The molecular weight excluding hydrogens is 247 g/mol. The van der Waals surface area contributed by atoms with E-state index in [1.165, 1.54) is 6.07 Å². The zero-order chi connectivity index (χ0) is 13.8. The lowest BCUT2D eigenvalue weighted by Gasteiger charge is -2.33. The average Bonchev–Trinajstić information content (AvgIpc) is 2.39. The van der Waals surface area contributed by atoms with Crippen molar-refractivity contribution in [1.82, 2.24) is 0 Å². The molecule has 0 aromatic heterocycles. The topological polar surface area (TPSA) is 55.6 Å². The van der Waals surface area contributed by atoms with E-state index in [1.807, 2.05) is 4.90 Å². The normalized spacial score (nSPS) is 19.3. The number of esters is 1. The number of carbonyl (C=O) groups excluding carboxylic acids is 1. The second kappa shape index (κ2) is 5.91. The quantitative estimate of drug-likeness (QED) is 0.673. The van der Waals surface area contributed by atoms with Crippen LogP contribution in [0.1, 0.15) is 19.8 Å². The number of nitrogens with two attached hydrogens (primary N) is 1. The fraction of sp³-hybridized carbons (Fsp3) is 0.500.